The van der Waals surface area contributed by atoms with E-state index in [1.807, 2.05) is 0 Å². The maximum atomic E-state index is 12.8. The van der Waals surface area contributed by atoms with E-state index >= 15 is 0 Å². The first-order valence-electron chi connectivity index (χ1n) is 16.1. The summed E-state index contributed by atoms with van der Waals surface area (Å²) in [6.07, 6.45) is -1.68. The summed E-state index contributed by atoms with van der Waals surface area (Å²) in [5, 5.41) is 23.6. The molecular formula is C28H51BN3O14PS. The van der Waals surface area contributed by atoms with E-state index < -0.39 is 44.0 Å². The lowest BCUT2D eigenvalue weighted by Gasteiger charge is -2.43. The average molecular weight is 728 g/mol. The number of unbranched alkanes of at least 4 members (excludes halogenated alkanes) is 1. The summed E-state index contributed by atoms with van der Waals surface area (Å²) < 4.78 is 43.1. The molecule has 2 aliphatic rings. The van der Waals surface area contributed by atoms with Gasteiger partial charge in [0.05, 0.1) is 70.7 Å². The summed E-state index contributed by atoms with van der Waals surface area (Å²) in [5.74, 6) is -0.598. The van der Waals surface area contributed by atoms with Crippen LogP contribution in [-0.2, 0) is 52.0 Å². The zero-order chi connectivity index (χ0) is 35.4. The van der Waals surface area contributed by atoms with E-state index in [1.54, 1.807) is 0 Å². The van der Waals surface area contributed by atoms with Gasteiger partial charge in [0.25, 0.3) is 0 Å². The largest absolute Gasteiger partial charge is 0.379 e. The molecule has 0 spiro atoms. The SMILES string of the molecule is [B]C1OC(COP(C)(=O)O)C(O)N(OCCCSC2CC(=O)N(CCC(=O)NCCOCCOCCOCCOCCCC)C2=O)C1O. The topological polar surface area (TPSA) is 212 Å². The molecule has 2 fully saturated rings. The maximum Gasteiger partial charge on any atom is 0.325 e. The number of morpholine rings is 1. The third-order valence-corrected chi connectivity index (χ3v) is 8.82. The van der Waals surface area contributed by atoms with Crippen LogP contribution in [0.4, 0.5) is 0 Å². The highest BCUT2D eigenvalue weighted by molar-refractivity contribution is 8.00. The molecule has 2 aliphatic heterocycles. The van der Waals surface area contributed by atoms with Crippen LogP contribution in [0.25, 0.3) is 0 Å². The van der Waals surface area contributed by atoms with E-state index in [9.17, 15) is 34.1 Å². The number of hydrogen-bond donors (Lipinski definition) is 4. The van der Waals surface area contributed by atoms with Crippen molar-refractivity contribution in [2.75, 3.05) is 91.6 Å². The molecule has 0 saturated carbocycles. The Labute approximate surface area is 287 Å². The van der Waals surface area contributed by atoms with Gasteiger partial charge < -0.3 is 48.6 Å². The van der Waals surface area contributed by atoms with E-state index in [1.165, 1.54) is 11.8 Å². The second-order valence-electron chi connectivity index (χ2n) is 11.0. The van der Waals surface area contributed by atoms with Gasteiger partial charge in [-0.3, -0.25) is 28.7 Å². The molecule has 2 radical (unpaired) electrons. The van der Waals surface area contributed by atoms with Crippen molar-refractivity contribution in [3.05, 3.63) is 0 Å². The second kappa shape index (κ2) is 24.1. The van der Waals surface area contributed by atoms with Crippen molar-refractivity contribution in [2.45, 2.75) is 68.8 Å². The fourth-order valence-corrected chi connectivity index (χ4v) is 5.87. The maximum absolute atomic E-state index is 12.8. The fraction of sp³-hybridized carbons (Fsp3) is 0.893. The number of carbonyl (C=O) groups is 3. The third-order valence-electron chi connectivity index (χ3n) is 6.90. The molecule has 3 amide bonds. The molecule has 0 aromatic carbocycles. The first-order chi connectivity index (χ1) is 22.9. The van der Waals surface area contributed by atoms with Crippen molar-refractivity contribution in [1.29, 1.82) is 0 Å². The molecule has 0 aromatic rings. The van der Waals surface area contributed by atoms with Crippen LogP contribution in [-0.4, -0.2) is 172 Å². The summed E-state index contributed by atoms with van der Waals surface area (Å²) in [5.41, 5.74) is 0. The number of ether oxygens (including phenoxy) is 5. The Morgan fingerprint density at radius 2 is 1.62 bits per heavy atom. The monoisotopic (exact) mass is 727 g/mol. The van der Waals surface area contributed by atoms with Crippen molar-refractivity contribution in [1.82, 2.24) is 15.3 Å². The van der Waals surface area contributed by atoms with Crippen molar-refractivity contribution >= 4 is 44.9 Å². The van der Waals surface area contributed by atoms with Crippen LogP contribution in [0, 0.1) is 0 Å². The number of hydroxylamine groups is 2. The molecule has 17 nitrogen and oxygen atoms in total. The number of aliphatic hydroxyl groups excluding tert-OH is 2. The number of nitrogens with one attached hydrogen (secondary N) is 1. The minimum Gasteiger partial charge on any atom is -0.379 e. The highest BCUT2D eigenvalue weighted by Crippen LogP contribution is 2.37. The fourth-order valence-electron chi connectivity index (χ4n) is 4.34. The number of nitrogens with zero attached hydrogens (tertiary/aromatic N) is 2. The second-order valence-corrected chi connectivity index (χ2v) is 14.1. The molecule has 6 atom stereocenters. The zero-order valence-electron chi connectivity index (χ0n) is 27.8. The van der Waals surface area contributed by atoms with E-state index in [0.717, 1.165) is 36.1 Å². The molecule has 0 aliphatic carbocycles. The Balaban J connectivity index is 1.52. The van der Waals surface area contributed by atoms with Gasteiger partial charge in [-0.1, -0.05) is 13.3 Å². The third kappa shape index (κ3) is 17.2. The molecule has 2 rings (SSSR count). The van der Waals surface area contributed by atoms with Crippen molar-refractivity contribution < 1.29 is 67.1 Å². The first kappa shape index (κ1) is 43.0. The van der Waals surface area contributed by atoms with Crippen LogP contribution in [0.5, 0.6) is 0 Å². The molecule has 6 unspecified atom stereocenters. The summed E-state index contributed by atoms with van der Waals surface area (Å²) >= 11 is 1.26. The Kier molecular flexibility index (Phi) is 21.6. The van der Waals surface area contributed by atoms with Gasteiger partial charge in [-0.25, -0.2) is 0 Å². The van der Waals surface area contributed by atoms with E-state index in [4.69, 9.17) is 40.9 Å². The molecule has 2 heterocycles. The average Bonchev–Trinajstić information content (AvgIpc) is 3.31. The lowest BCUT2D eigenvalue weighted by molar-refractivity contribution is -0.367. The predicted molar refractivity (Wildman–Crippen MR) is 174 cm³/mol. The molecule has 48 heavy (non-hydrogen) atoms. The van der Waals surface area contributed by atoms with Gasteiger partial charge >= 0.3 is 7.60 Å². The highest BCUT2D eigenvalue weighted by atomic mass is 32.2. The molecule has 20 heteroatoms. The van der Waals surface area contributed by atoms with E-state index in [0.29, 0.717) is 58.4 Å². The number of carbonyl (C=O) groups excluding carboxylic acids is 3. The van der Waals surface area contributed by atoms with Crippen molar-refractivity contribution in [2.24, 2.45) is 0 Å². The summed E-state index contributed by atoms with van der Waals surface area (Å²) in [4.78, 5) is 53.3. The first-order valence-corrected chi connectivity index (χ1v) is 19.2. The van der Waals surface area contributed by atoms with Crippen LogP contribution in [0.3, 0.4) is 0 Å². The number of amides is 3. The normalized spacial score (nSPS) is 24.7. The minimum absolute atomic E-state index is 0.0189. The Bertz CT molecular complexity index is 1000. The number of rotatable bonds is 27. The Morgan fingerprint density at radius 1 is 1.00 bits per heavy atom. The molecule has 0 bridgehead atoms. The van der Waals surface area contributed by atoms with Gasteiger partial charge in [-0.05, 0) is 18.6 Å². The van der Waals surface area contributed by atoms with Crippen LogP contribution >= 0.6 is 19.4 Å². The van der Waals surface area contributed by atoms with E-state index in [2.05, 4.69) is 12.2 Å². The minimum atomic E-state index is -3.84. The Morgan fingerprint density at radius 3 is 2.25 bits per heavy atom. The number of imide groups is 1. The zero-order valence-corrected chi connectivity index (χ0v) is 29.5. The molecule has 4 N–H and O–H groups in total. The molecule has 2 saturated heterocycles. The lowest BCUT2D eigenvalue weighted by atomic mass is 9.96. The smallest absolute Gasteiger partial charge is 0.325 e. The van der Waals surface area contributed by atoms with Gasteiger partial charge in [0.1, 0.15) is 20.2 Å². The predicted octanol–water partition coefficient (Wildman–Crippen LogP) is -0.794. The van der Waals surface area contributed by atoms with Crippen molar-refractivity contribution in [3.8, 4) is 0 Å². The quantitative estimate of drug-likeness (QED) is 0.0353. The number of thioether (sulfide) groups is 1. The molecule has 0 aromatic heterocycles. The lowest BCUT2D eigenvalue weighted by Crippen LogP contribution is -2.61. The van der Waals surface area contributed by atoms with Crippen LogP contribution in [0.15, 0.2) is 0 Å². The standard InChI is InChI=1S/C28H51BN3O14PS/c1-3-4-9-40-12-14-42-16-17-43-15-13-41-11-7-30-23(33)6-8-31-24(34)19-22(27(31)36)48-18-5-10-44-32-26(35)21(20-45-47(2,38)39)46-25(29)28(32)37/h21-22,25-26,28,35,37H,3-20H2,1-2H3,(H,30,33)(H,38,39). The van der Waals surface area contributed by atoms with Crippen LogP contribution < -0.4 is 5.32 Å². The van der Waals surface area contributed by atoms with Gasteiger partial charge in [0.2, 0.25) is 17.7 Å². The van der Waals surface area contributed by atoms with Crippen LogP contribution in [0.1, 0.15) is 39.0 Å². The van der Waals surface area contributed by atoms with Gasteiger partial charge in [0, 0.05) is 39.2 Å². The van der Waals surface area contributed by atoms with E-state index in [-0.39, 0.29) is 50.3 Å². The number of hydrogen-bond acceptors (Lipinski definition) is 15. The van der Waals surface area contributed by atoms with Gasteiger partial charge in [-0.15, -0.1) is 16.8 Å². The number of likely N-dealkylation sites (tertiary alicyclic amines) is 1. The molecule has 276 valence electrons. The highest BCUT2D eigenvalue weighted by Gasteiger charge is 2.42. The van der Waals surface area contributed by atoms with Gasteiger partial charge in [0.15, 0.2) is 6.23 Å². The Hall–Kier alpha value is -1.19. The van der Waals surface area contributed by atoms with Crippen LogP contribution in [0.2, 0.25) is 0 Å². The summed E-state index contributed by atoms with van der Waals surface area (Å²) in [7, 11) is 1.89. The summed E-state index contributed by atoms with van der Waals surface area (Å²) in [6.45, 7) is 6.76. The molecular weight excluding hydrogens is 676 g/mol. The summed E-state index contributed by atoms with van der Waals surface area (Å²) in [6, 6.07) is -1.28. The van der Waals surface area contributed by atoms with Gasteiger partial charge in [-0.2, -0.15) is 0 Å². The van der Waals surface area contributed by atoms with Crippen molar-refractivity contribution in [3.63, 3.8) is 0 Å². The number of aliphatic hydroxyl groups is 2.